The van der Waals surface area contributed by atoms with Gasteiger partial charge in [0.25, 0.3) is 0 Å². The number of methoxy groups -OCH3 is 1. The van der Waals surface area contributed by atoms with Crippen LogP contribution in [0.5, 0.6) is 5.75 Å². The Hall–Kier alpha value is -4.29. The summed E-state index contributed by atoms with van der Waals surface area (Å²) in [6.07, 6.45) is 1.52. The van der Waals surface area contributed by atoms with Crippen molar-refractivity contribution in [2.45, 2.75) is 6.92 Å². The summed E-state index contributed by atoms with van der Waals surface area (Å²) in [6.45, 7) is 3.66. The van der Waals surface area contributed by atoms with Gasteiger partial charge in [0.1, 0.15) is 11.4 Å². The number of nitrogens with zero attached hydrogens (tertiary/aromatic N) is 4. The molecule has 0 aliphatic heterocycles. The molecule has 4 rings (SSSR count). The number of nitrogens with two attached hydrogens (primary N) is 1. The molecule has 0 aliphatic carbocycles. The number of hydrogen-bond acceptors (Lipinski definition) is 9. The number of likely N-dealkylation sites (N-methyl/N-ethyl adjacent to an activating group) is 1. The highest BCUT2D eigenvalue weighted by molar-refractivity contribution is 7.19. The molecule has 38 heavy (non-hydrogen) atoms. The molecule has 2 aromatic carbocycles. The van der Waals surface area contributed by atoms with Gasteiger partial charge in [-0.2, -0.15) is 0 Å². The third-order valence-corrected chi connectivity index (χ3v) is 6.68. The van der Waals surface area contributed by atoms with Gasteiger partial charge in [0.2, 0.25) is 5.95 Å². The molecule has 2 aromatic heterocycles. The third kappa shape index (κ3) is 6.33. The molecule has 0 fully saturated rings. The summed E-state index contributed by atoms with van der Waals surface area (Å²) in [5.74, 6) is 0.134. The van der Waals surface area contributed by atoms with Crippen LogP contribution in [0.15, 0.2) is 54.7 Å². The Morgan fingerprint density at radius 3 is 2.63 bits per heavy atom. The minimum atomic E-state index is -0.604. The third-order valence-electron chi connectivity index (χ3n) is 5.47. The second-order valence-electron chi connectivity index (χ2n) is 8.07. The molecule has 2 amide bonds. The quantitative estimate of drug-likeness (QED) is 0.238. The number of hydrogen-bond donors (Lipinski definition) is 3. The van der Waals surface area contributed by atoms with Gasteiger partial charge in [0.15, 0.2) is 10.9 Å². The van der Waals surface area contributed by atoms with E-state index < -0.39 is 11.8 Å². The average molecular weight is 538 g/mol. The number of anilines is 4. The van der Waals surface area contributed by atoms with E-state index in [-0.39, 0.29) is 17.2 Å². The number of halogens is 1. The Kier molecular flexibility index (Phi) is 8.66. The van der Waals surface area contributed by atoms with Crippen molar-refractivity contribution in [3.05, 3.63) is 60.5 Å². The van der Waals surface area contributed by atoms with Gasteiger partial charge in [0.05, 0.1) is 30.0 Å². The molecule has 0 saturated carbocycles. The first kappa shape index (κ1) is 26.8. The molecule has 0 unspecified atom stereocenters. The van der Waals surface area contributed by atoms with Crippen molar-refractivity contribution in [1.82, 2.24) is 15.0 Å². The van der Waals surface area contributed by atoms with E-state index in [9.17, 15) is 4.79 Å². The fourth-order valence-corrected chi connectivity index (χ4v) is 4.62. The van der Waals surface area contributed by atoms with Crippen LogP contribution in [0.4, 0.5) is 31.6 Å². The fourth-order valence-electron chi connectivity index (χ4n) is 3.54. The number of nitrogen functional groups attached to an aromatic ring is 1. The zero-order valence-electron chi connectivity index (χ0n) is 21.2. The smallest absolute Gasteiger partial charge is 0.323 e. The summed E-state index contributed by atoms with van der Waals surface area (Å²) in [5, 5.41) is 5.92. The van der Waals surface area contributed by atoms with E-state index in [2.05, 4.69) is 20.6 Å². The van der Waals surface area contributed by atoms with E-state index >= 15 is 4.39 Å². The second-order valence-corrected chi connectivity index (χ2v) is 9.04. The van der Waals surface area contributed by atoms with Crippen molar-refractivity contribution < 1.29 is 18.7 Å². The Labute approximate surface area is 223 Å². The van der Waals surface area contributed by atoms with E-state index in [4.69, 9.17) is 20.2 Å². The largest absolute Gasteiger partial charge is 0.497 e. The van der Waals surface area contributed by atoms with Crippen molar-refractivity contribution >= 4 is 39.8 Å². The van der Waals surface area contributed by atoms with E-state index in [1.54, 1.807) is 49.6 Å². The Morgan fingerprint density at radius 1 is 1.13 bits per heavy atom. The lowest BCUT2D eigenvalue weighted by Gasteiger charge is -2.15. The number of amides is 2. The van der Waals surface area contributed by atoms with Gasteiger partial charge in [-0.15, -0.1) is 0 Å². The maximum Gasteiger partial charge on any atom is 0.323 e. The summed E-state index contributed by atoms with van der Waals surface area (Å²) in [5.41, 5.74) is 7.55. The van der Waals surface area contributed by atoms with Crippen LogP contribution in [-0.4, -0.2) is 54.9 Å². The van der Waals surface area contributed by atoms with Crippen molar-refractivity contribution in [1.29, 1.82) is 0 Å². The van der Waals surface area contributed by atoms with E-state index in [0.717, 1.165) is 0 Å². The second kappa shape index (κ2) is 12.3. The molecule has 0 saturated heterocycles. The monoisotopic (exact) mass is 537 g/mol. The zero-order chi connectivity index (χ0) is 27.1. The predicted molar refractivity (Wildman–Crippen MR) is 148 cm³/mol. The first-order chi connectivity index (χ1) is 18.4. The van der Waals surface area contributed by atoms with E-state index in [1.807, 2.05) is 18.9 Å². The minimum absolute atomic E-state index is 0.0151. The number of rotatable bonds is 10. The molecule has 198 valence electrons. The molecular formula is C26H28FN7O3S. The number of ether oxygens (including phenoxy) is 2. The Bertz CT molecular complexity index is 1400. The van der Waals surface area contributed by atoms with Crippen LogP contribution in [0.3, 0.4) is 0 Å². The van der Waals surface area contributed by atoms with Gasteiger partial charge in [-0.05, 0) is 43.3 Å². The van der Waals surface area contributed by atoms with Gasteiger partial charge in [0, 0.05) is 37.6 Å². The van der Waals surface area contributed by atoms with Gasteiger partial charge < -0.3 is 30.7 Å². The van der Waals surface area contributed by atoms with Crippen LogP contribution in [0.25, 0.3) is 21.8 Å². The van der Waals surface area contributed by atoms with Crippen LogP contribution in [0, 0.1) is 5.82 Å². The van der Waals surface area contributed by atoms with Crippen molar-refractivity contribution in [3.8, 4) is 27.6 Å². The van der Waals surface area contributed by atoms with Crippen LogP contribution in [0.1, 0.15) is 6.92 Å². The topological polar surface area (TPSA) is 128 Å². The van der Waals surface area contributed by atoms with Crippen molar-refractivity contribution in [3.63, 3.8) is 0 Å². The number of aromatic nitrogens is 3. The van der Waals surface area contributed by atoms with Crippen LogP contribution < -0.4 is 26.0 Å². The molecule has 0 bridgehead atoms. The van der Waals surface area contributed by atoms with Crippen molar-refractivity contribution in [2.75, 3.05) is 55.2 Å². The number of thiazole rings is 1. The Balaban J connectivity index is 1.64. The number of carbonyl (C=O) groups is 1. The molecular weight excluding hydrogens is 509 g/mol. The van der Waals surface area contributed by atoms with Gasteiger partial charge >= 0.3 is 6.03 Å². The summed E-state index contributed by atoms with van der Waals surface area (Å²) >= 11 is 1.31. The van der Waals surface area contributed by atoms with E-state index in [0.29, 0.717) is 52.6 Å². The van der Waals surface area contributed by atoms with Gasteiger partial charge in [-0.3, -0.25) is 0 Å². The number of benzene rings is 2. The van der Waals surface area contributed by atoms with Crippen LogP contribution in [-0.2, 0) is 4.74 Å². The number of urea groups is 1. The average Bonchev–Trinajstić information content (AvgIpc) is 3.36. The maximum absolute atomic E-state index is 15.8. The summed E-state index contributed by atoms with van der Waals surface area (Å²) in [4.78, 5) is 28.1. The molecule has 2 heterocycles. The standard InChI is InChI=1S/C26H28FN7O3S/c1-4-37-15-14-34(2)26-33-22(20-12-13-29-24(28)31-20)23(38-26)18-6-5-7-19(21(18)27)32-25(35)30-16-8-10-17(36-3)11-9-16/h5-13H,4,14-15H2,1-3H3,(H2,28,29,31)(H2,30,32,35). The number of nitrogens with one attached hydrogen (secondary N) is 2. The summed E-state index contributed by atoms with van der Waals surface area (Å²) in [7, 11) is 3.44. The minimum Gasteiger partial charge on any atom is -0.497 e. The van der Waals surface area contributed by atoms with Gasteiger partial charge in [-0.1, -0.05) is 23.5 Å². The number of carbonyl (C=O) groups excluding carboxylic acids is 1. The molecule has 0 radical (unpaired) electrons. The lowest BCUT2D eigenvalue weighted by Crippen LogP contribution is -2.22. The highest BCUT2D eigenvalue weighted by atomic mass is 32.1. The highest BCUT2D eigenvalue weighted by Crippen LogP contribution is 2.41. The molecule has 0 atom stereocenters. The lowest BCUT2D eigenvalue weighted by molar-refractivity contribution is 0.154. The van der Waals surface area contributed by atoms with Crippen LogP contribution in [0.2, 0.25) is 0 Å². The maximum atomic E-state index is 15.8. The van der Waals surface area contributed by atoms with Crippen molar-refractivity contribution in [2.24, 2.45) is 0 Å². The summed E-state index contributed by atoms with van der Waals surface area (Å²) < 4.78 is 26.4. The van der Waals surface area contributed by atoms with Crippen LogP contribution >= 0.6 is 11.3 Å². The molecule has 4 aromatic rings. The fraction of sp³-hybridized carbons (Fsp3) is 0.231. The zero-order valence-corrected chi connectivity index (χ0v) is 22.0. The molecule has 4 N–H and O–H groups in total. The molecule has 0 aliphatic rings. The normalized spacial score (nSPS) is 10.7. The Morgan fingerprint density at radius 2 is 1.92 bits per heavy atom. The highest BCUT2D eigenvalue weighted by Gasteiger charge is 2.22. The summed E-state index contributed by atoms with van der Waals surface area (Å²) in [6, 6.07) is 12.7. The van der Waals surface area contributed by atoms with E-state index in [1.165, 1.54) is 23.6 Å². The first-order valence-corrected chi connectivity index (χ1v) is 12.6. The molecule has 10 nitrogen and oxygen atoms in total. The predicted octanol–water partition coefficient (Wildman–Crippen LogP) is 5.11. The molecule has 12 heteroatoms. The van der Waals surface area contributed by atoms with Gasteiger partial charge in [-0.25, -0.2) is 24.1 Å². The SMILES string of the molecule is CCOCCN(C)c1nc(-c2ccnc(N)n2)c(-c2cccc(NC(=O)Nc3ccc(OC)cc3)c2F)s1. The first-order valence-electron chi connectivity index (χ1n) is 11.8. The lowest BCUT2D eigenvalue weighted by atomic mass is 10.1. The molecule has 0 spiro atoms.